The fourth-order valence-electron chi connectivity index (χ4n) is 1.17. The van der Waals surface area contributed by atoms with Gasteiger partial charge in [-0.3, -0.25) is 0 Å². The minimum absolute atomic E-state index is 0.278. The summed E-state index contributed by atoms with van der Waals surface area (Å²) in [6.07, 6.45) is -0.898. The number of hydrogen-bond acceptors (Lipinski definition) is 3. The van der Waals surface area contributed by atoms with Crippen LogP contribution < -0.4 is 0 Å². The molecule has 1 heterocycles. The lowest BCUT2D eigenvalue weighted by Gasteiger charge is -2.05. The summed E-state index contributed by atoms with van der Waals surface area (Å²) >= 11 is 5.71. The molecule has 0 amide bonds. The third kappa shape index (κ3) is 1.75. The Balaban J connectivity index is 2.17. The Labute approximate surface area is 80.2 Å². The van der Waals surface area contributed by atoms with Gasteiger partial charge in [0, 0.05) is 5.02 Å². The molecule has 0 N–H and O–H groups in total. The van der Waals surface area contributed by atoms with Gasteiger partial charge in [0.05, 0.1) is 0 Å². The number of ether oxygens (including phenoxy) is 2. The fraction of sp³-hybridized carbons (Fsp3) is 0.222. The van der Waals surface area contributed by atoms with Gasteiger partial charge >= 0.3 is 6.16 Å². The standard InChI is InChI=1S/C9H7ClO3/c10-7-3-1-6(2-4-7)8-5-12-9(11)13-8/h1-4,8H,5H2. The average Bonchev–Trinajstić information content (AvgIpc) is 2.53. The molecule has 4 heteroatoms. The summed E-state index contributed by atoms with van der Waals surface area (Å²) in [6, 6.07) is 7.13. The van der Waals surface area contributed by atoms with Gasteiger partial charge in [0.25, 0.3) is 0 Å². The summed E-state index contributed by atoms with van der Waals surface area (Å²) < 4.78 is 9.54. The highest BCUT2D eigenvalue weighted by Gasteiger charge is 2.26. The predicted octanol–water partition coefficient (Wildman–Crippen LogP) is 2.55. The van der Waals surface area contributed by atoms with Gasteiger partial charge in [0.1, 0.15) is 6.61 Å². The molecule has 1 aromatic carbocycles. The molecule has 0 aromatic heterocycles. The minimum atomic E-state index is -0.611. The molecule has 1 saturated heterocycles. The van der Waals surface area contributed by atoms with E-state index in [0.29, 0.717) is 5.02 Å². The molecule has 1 atom stereocenters. The van der Waals surface area contributed by atoms with Crippen molar-refractivity contribution in [2.45, 2.75) is 6.10 Å². The predicted molar refractivity (Wildman–Crippen MR) is 46.6 cm³/mol. The first-order valence-electron chi connectivity index (χ1n) is 3.84. The van der Waals surface area contributed by atoms with Crippen LogP contribution in [0.1, 0.15) is 11.7 Å². The summed E-state index contributed by atoms with van der Waals surface area (Å²) in [5.41, 5.74) is 0.898. The largest absolute Gasteiger partial charge is 0.509 e. The highest BCUT2D eigenvalue weighted by Crippen LogP contribution is 2.24. The van der Waals surface area contributed by atoms with Crippen LogP contribution in [-0.2, 0) is 9.47 Å². The molecule has 0 aliphatic carbocycles. The van der Waals surface area contributed by atoms with Crippen LogP contribution >= 0.6 is 11.6 Å². The maximum atomic E-state index is 10.6. The normalized spacial score (nSPS) is 21.0. The van der Waals surface area contributed by atoms with Gasteiger partial charge in [-0.25, -0.2) is 4.79 Å². The van der Waals surface area contributed by atoms with Crippen LogP contribution in [0.4, 0.5) is 4.79 Å². The van der Waals surface area contributed by atoms with Crippen molar-refractivity contribution in [3.63, 3.8) is 0 Å². The lowest BCUT2D eigenvalue weighted by Crippen LogP contribution is -1.99. The molecule has 1 fully saturated rings. The Morgan fingerprint density at radius 1 is 1.31 bits per heavy atom. The molecule has 0 radical (unpaired) electrons. The molecule has 3 nitrogen and oxygen atoms in total. The van der Waals surface area contributed by atoms with E-state index >= 15 is 0 Å². The van der Waals surface area contributed by atoms with E-state index < -0.39 is 6.16 Å². The Bertz CT molecular complexity index is 320. The van der Waals surface area contributed by atoms with Crippen LogP contribution in [-0.4, -0.2) is 12.8 Å². The second kappa shape index (κ2) is 3.26. The van der Waals surface area contributed by atoms with Gasteiger partial charge in [-0.2, -0.15) is 0 Å². The van der Waals surface area contributed by atoms with E-state index in [-0.39, 0.29) is 12.7 Å². The number of cyclic esters (lactones) is 2. The van der Waals surface area contributed by atoms with E-state index in [2.05, 4.69) is 4.74 Å². The first kappa shape index (κ1) is 8.38. The summed E-state index contributed by atoms with van der Waals surface area (Å²) in [4.78, 5) is 10.6. The lowest BCUT2D eigenvalue weighted by molar-refractivity contribution is 0.118. The smallest absolute Gasteiger partial charge is 0.430 e. The summed E-state index contributed by atoms with van der Waals surface area (Å²) in [6.45, 7) is 0.278. The van der Waals surface area contributed by atoms with Crippen molar-refractivity contribution in [1.29, 1.82) is 0 Å². The van der Waals surface area contributed by atoms with E-state index in [9.17, 15) is 4.79 Å². The Morgan fingerprint density at radius 3 is 2.54 bits per heavy atom. The molecular weight excluding hydrogens is 192 g/mol. The molecule has 0 bridgehead atoms. The van der Waals surface area contributed by atoms with Crippen LogP contribution in [0.25, 0.3) is 0 Å². The maximum Gasteiger partial charge on any atom is 0.509 e. The summed E-state index contributed by atoms with van der Waals surface area (Å²) in [5.74, 6) is 0. The average molecular weight is 199 g/mol. The second-order valence-corrected chi connectivity index (χ2v) is 3.16. The number of carbonyl (C=O) groups is 1. The van der Waals surface area contributed by atoms with Crippen molar-refractivity contribution in [2.24, 2.45) is 0 Å². The molecule has 13 heavy (non-hydrogen) atoms. The molecule has 1 unspecified atom stereocenters. The van der Waals surface area contributed by atoms with Gasteiger partial charge in [0.2, 0.25) is 0 Å². The van der Waals surface area contributed by atoms with Crippen molar-refractivity contribution in [3.8, 4) is 0 Å². The topological polar surface area (TPSA) is 35.5 Å². The number of hydrogen-bond donors (Lipinski definition) is 0. The Kier molecular flexibility index (Phi) is 2.10. The van der Waals surface area contributed by atoms with Crippen LogP contribution in [0.15, 0.2) is 24.3 Å². The quantitative estimate of drug-likeness (QED) is 0.651. The maximum absolute atomic E-state index is 10.6. The number of benzene rings is 1. The van der Waals surface area contributed by atoms with Crippen molar-refractivity contribution >= 4 is 17.8 Å². The third-order valence-electron chi connectivity index (χ3n) is 1.83. The van der Waals surface area contributed by atoms with Gasteiger partial charge in [0.15, 0.2) is 6.10 Å². The van der Waals surface area contributed by atoms with Gasteiger partial charge in [-0.1, -0.05) is 23.7 Å². The second-order valence-electron chi connectivity index (χ2n) is 2.72. The zero-order valence-corrected chi connectivity index (χ0v) is 7.45. The summed E-state index contributed by atoms with van der Waals surface area (Å²) in [7, 11) is 0. The van der Waals surface area contributed by atoms with Crippen molar-refractivity contribution in [2.75, 3.05) is 6.61 Å². The van der Waals surface area contributed by atoms with Gasteiger partial charge in [-0.15, -0.1) is 0 Å². The molecule has 0 saturated carbocycles. The zero-order chi connectivity index (χ0) is 9.26. The molecule has 1 aliphatic rings. The van der Waals surface area contributed by atoms with Gasteiger partial charge in [-0.05, 0) is 17.7 Å². The van der Waals surface area contributed by atoms with E-state index in [0.717, 1.165) is 5.56 Å². The number of rotatable bonds is 1. The van der Waals surface area contributed by atoms with Crippen molar-refractivity contribution < 1.29 is 14.3 Å². The molecule has 68 valence electrons. The third-order valence-corrected chi connectivity index (χ3v) is 2.08. The van der Waals surface area contributed by atoms with Crippen molar-refractivity contribution in [1.82, 2.24) is 0 Å². The molecule has 1 aliphatic heterocycles. The van der Waals surface area contributed by atoms with Crippen LogP contribution in [0.3, 0.4) is 0 Å². The highest BCUT2D eigenvalue weighted by molar-refractivity contribution is 6.30. The number of halogens is 1. The fourth-order valence-corrected chi connectivity index (χ4v) is 1.30. The van der Waals surface area contributed by atoms with E-state index in [4.69, 9.17) is 16.3 Å². The monoisotopic (exact) mass is 198 g/mol. The van der Waals surface area contributed by atoms with E-state index in [1.54, 1.807) is 12.1 Å². The van der Waals surface area contributed by atoms with Crippen LogP contribution in [0.2, 0.25) is 5.02 Å². The zero-order valence-electron chi connectivity index (χ0n) is 6.70. The lowest BCUT2D eigenvalue weighted by atomic mass is 10.1. The van der Waals surface area contributed by atoms with Crippen LogP contribution in [0.5, 0.6) is 0 Å². The molecule has 0 spiro atoms. The molecule has 1 aromatic rings. The molecule has 2 rings (SSSR count). The Morgan fingerprint density at radius 2 is 2.00 bits per heavy atom. The van der Waals surface area contributed by atoms with E-state index in [1.165, 1.54) is 0 Å². The van der Waals surface area contributed by atoms with Gasteiger partial charge < -0.3 is 9.47 Å². The minimum Gasteiger partial charge on any atom is -0.430 e. The summed E-state index contributed by atoms with van der Waals surface area (Å²) in [5, 5.41) is 0.661. The number of carbonyl (C=O) groups excluding carboxylic acids is 1. The van der Waals surface area contributed by atoms with Crippen molar-refractivity contribution in [3.05, 3.63) is 34.9 Å². The molecular formula is C9H7ClO3. The highest BCUT2D eigenvalue weighted by atomic mass is 35.5. The van der Waals surface area contributed by atoms with E-state index in [1.807, 2.05) is 12.1 Å². The Hall–Kier alpha value is -1.22. The SMILES string of the molecule is O=C1OCC(c2ccc(Cl)cc2)O1. The van der Waals surface area contributed by atoms with Crippen LogP contribution in [0, 0.1) is 0 Å². The first-order chi connectivity index (χ1) is 6.25. The first-order valence-corrected chi connectivity index (χ1v) is 4.22.